The molecule has 1 aromatic carbocycles. The van der Waals surface area contributed by atoms with Gasteiger partial charge in [0.2, 0.25) is 0 Å². The van der Waals surface area contributed by atoms with Gasteiger partial charge in [-0.1, -0.05) is 44.2 Å². The number of fused-ring (bicyclic) bond motifs is 1. The molecule has 1 aromatic heterocycles. The van der Waals surface area contributed by atoms with Crippen LogP contribution in [0.1, 0.15) is 31.7 Å². The fourth-order valence-corrected chi connectivity index (χ4v) is 3.28. The van der Waals surface area contributed by atoms with Crippen molar-refractivity contribution >= 4 is 29.9 Å². The average Bonchev–Trinajstić information content (AvgIpc) is 3.07. The molecule has 0 saturated heterocycles. The molecule has 1 aliphatic heterocycles. The summed E-state index contributed by atoms with van der Waals surface area (Å²) in [7, 11) is 1.82. The first-order valence-corrected chi connectivity index (χ1v) is 8.93. The molecule has 0 saturated carbocycles. The molecule has 26 heavy (non-hydrogen) atoms. The van der Waals surface area contributed by atoms with Gasteiger partial charge in [-0.15, -0.1) is 24.0 Å². The molecule has 142 valence electrons. The van der Waals surface area contributed by atoms with Crippen LogP contribution in [0.25, 0.3) is 0 Å². The molecule has 0 bridgehead atoms. The Bertz CT molecular complexity index is 710. The molecule has 0 aliphatic carbocycles. The van der Waals surface area contributed by atoms with Crippen molar-refractivity contribution in [3.05, 3.63) is 48.0 Å². The fraction of sp³-hybridized carbons (Fsp3) is 0.526. The lowest BCUT2D eigenvalue weighted by Crippen LogP contribution is -2.49. The molecule has 0 fully saturated rings. The minimum atomic E-state index is 0. The highest BCUT2D eigenvalue weighted by molar-refractivity contribution is 14.0. The van der Waals surface area contributed by atoms with E-state index in [0.717, 1.165) is 44.1 Å². The average molecular weight is 468 g/mol. The molecular weight excluding hydrogens is 439 g/mol. The van der Waals surface area contributed by atoms with Crippen LogP contribution < -0.4 is 10.6 Å². The summed E-state index contributed by atoms with van der Waals surface area (Å²) < 4.78 is 1.98. The molecule has 6 nitrogen and oxygen atoms in total. The zero-order chi connectivity index (χ0) is 17.7. The monoisotopic (exact) mass is 468 g/mol. The van der Waals surface area contributed by atoms with E-state index in [9.17, 15) is 0 Å². The van der Waals surface area contributed by atoms with Crippen LogP contribution >= 0.6 is 24.0 Å². The number of nitrogens with one attached hydrogen (secondary N) is 2. The van der Waals surface area contributed by atoms with Crippen LogP contribution in [0.2, 0.25) is 0 Å². The molecule has 3 rings (SSSR count). The van der Waals surface area contributed by atoms with E-state index >= 15 is 0 Å². The predicted molar refractivity (Wildman–Crippen MR) is 116 cm³/mol. The van der Waals surface area contributed by atoms with Crippen molar-refractivity contribution in [3.63, 3.8) is 0 Å². The molecule has 0 radical (unpaired) electrons. The molecule has 2 aromatic rings. The molecule has 0 spiro atoms. The lowest BCUT2D eigenvalue weighted by atomic mass is 9.86. The van der Waals surface area contributed by atoms with E-state index in [1.165, 1.54) is 5.56 Å². The number of hydrogen-bond donors (Lipinski definition) is 2. The molecule has 2 N–H and O–H groups in total. The van der Waals surface area contributed by atoms with Gasteiger partial charge in [-0.3, -0.25) is 4.99 Å². The summed E-state index contributed by atoms with van der Waals surface area (Å²) in [5, 5.41) is 11.3. The maximum Gasteiger partial charge on any atom is 0.191 e. The first-order valence-electron chi connectivity index (χ1n) is 8.93. The van der Waals surface area contributed by atoms with E-state index in [2.05, 4.69) is 69.9 Å². The number of aryl methyl sites for hydroxylation is 1. The molecule has 2 heterocycles. The first kappa shape index (κ1) is 20.7. The van der Waals surface area contributed by atoms with Crippen LogP contribution in [0, 0.1) is 5.41 Å². The quantitative estimate of drug-likeness (QED) is 0.403. The van der Waals surface area contributed by atoms with Gasteiger partial charge >= 0.3 is 0 Å². The Morgan fingerprint density at radius 1 is 1.31 bits per heavy atom. The fourth-order valence-electron chi connectivity index (χ4n) is 3.28. The standard InChI is InChI=1S/C19H28N6.HI/c1-19(2,11-15-7-5-4-6-8-15)13-21-18(20-3)24-16-9-10-17-22-14-23-25(17)12-16;/h4-8,14,16H,9-13H2,1-3H3,(H2,20,21,24);1H. The maximum absolute atomic E-state index is 4.39. The van der Waals surface area contributed by atoms with Crippen molar-refractivity contribution in [2.45, 2.75) is 45.7 Å². The highest BCUT2D eigenvalue weighted by Gasteiger charge is 2.22. The number of nitrogens with zero attached hydrogens (tertiary/aromatic N) is 4. The number of rotatable bonds is 5. The summed E-state index contributed by atoms with van der Waals surface area (Å²) in [4.78, 5) is 8.66. The molecule has 1 atom stereocenters. The second kappa shape index (κ2) is 9.34. The van der Waals surface area contributed by atoms with Gasteiger partial charge in [-0.2, -0.15) is 5.10 Å². The lowest BCUT2D eigenvalue weighted by Gasteiger charge is -2.29. The summed E-state index contributed by atoms with van der Waals surface area (Å²) >= 11 is 0. The van der Waals surface area contributed by atoms with Crippen LogP contribution in [-0.4, -0.2) is 40.4 Å². The smallest absolute Gasteiger partial charge is 0.191 e. The predicted octanol–water partition coefficient (Wildman–Crippen LogP) is 2.64. The number of hydrogen-bond acceptors (Lipinski definition) is 3. The van der Waals surface area contributed by atoms with E-state index < -0.39 is 0 Å². The van der Waals surface area contributed by atoms with Gasteiger partial charge in [0.25, 0.3) is 0 Å². The summed E-state index contributed by atoms with van der Waals surface area (Å²) in [5.41, 5.74) is 1.51. The second-order valence-corrected chi connectivity index (χ2v) is 7.49. The van der Waals surface area contributed by atoms with Crippen LogP contribution in [0.4, 0.5) is 0 Å². The number of aromatic nitrogens is 3. The summed E-state index contributed by atoms with van der Waals surface area (Å²) in [6, 6.07) is 11.0. The highest BCUT2D eigenvalue weighted by atomic mass is 127. The van der Waals surface area contributed by atoms with Crippen molar-refractivity contribution < 1.29 is 0 Å². The molecule has 1 aliphatic rings. The number of guanidine groups is 1. The normalized spacial score (nSPS) is 17.2. The Morgan fingerprint density at radius 3 is 2.81 bits per heavy atom. The molecule has 7 heteroatoms. The summed E-state index contributed by atoms with van der Waals surface area (Å²) in [5.74, 6) is 1.93. The Morgan fingerprint density at radius 2 is 2.08 bits per heavy atom. The van der Waals surface area contributed by atoms with Gasteiger partial charge in [-0.25, -0.2) is 9.67 Å². The van der Waals surface area contributed by atoms with Crippen molar-refractivity contribution in [2.24, 2.45) is 10.4 Å². The Kier molecular flexibility index (Phi) is 7.43. The van der Waals surface area contributed by atoms with Gasteiger partial charge in [0.1, 0.15) is 12.2 Å². The highest BCUT2D eigenvalue weighted by Crippen LogP contribution is 2.20. The third-order valence-corrected chi connectivity index (χ3v) is 4.63. The van der Waals surface area contributed by atoms with E-state index in [1.807, 2.05) is 11.7 Å². The van der Waals surface area contributed by atoms with E-state index in [0.29, 0.717) is 6.04 Å². The topological polar surface area (TPSA) is 67.1 Å². The SMILES string of the molecule is CN=C(NCC(C)(C)Cc1ccccc1)NC1CCc2ncnn2C1.I. The lowest BCUT2D eigenvalue weighted by molar-refractivity contribution is 0.353. The van der Waals surface area contributed by atoms with Crippen LogP contribution in [0.15, 0.2) is 41.7 Å². The van der Waals surface area contributed by atoms with Crippen LogP contribution in [0.3, 0.4) is 0 Å². The Labute approximate surface area is 172 Å². The van der Waals surface area contributed by atoms with Crippen molar-refractivity contribution in [2.75, 3.05) is 13.6 Å². The van der Waals surface area contributed by atoms with Gasteiger partial charge < -0.3 is 10.6 Å². The van der Waals surface area contributed by atoms with E-state index in [4.69, 9.17) is 0 Å². The van der Waals surface area contributed by atoms with Crippen LogP contribution in [0.5, 0.6) is 0 Å². The number of halogens is 1. The number of benzene rings is 1. The van der Waals surface area contributed by atoms with Gasteiger partial charge in [0.05, 0.1) is 6.54 Å². The molecule has 1 unspecified atom stereocenters. The Balaban J connectivity index is 0.00000243. The summed E-state index contributed by atoms with van der Waals surface area (Å²) in [6.45, 7) is 6.26. The molecular formula is C19H29IN6. The minimum absolute atomic E-state index is 0. The van der Waals surface area contributed by atoms with Gasteiger partial charge in [0.15, 0.2) is 5.96 Å². The first-order chi connectivity index (χ1) is 12.1. The summed E-state index contributed by atoms with van der Waals surface area (Å²) in [6.07, 6.45) is 4.67. The second-order valence-electron chi connectivity index (χ2n) is 7.49. The zero-order valence-corrected chi connectivity index (χ0v) is 18.1. The van der Waals surface area contributed by atoms with Crippen molar-refractivity contribution in [3.8, 4) is 0 Å². The van der Waals surface area contributed by atoms with Crippen LogP contribution in [-0.2, 0) is 19.4 Å². The largest absolute Gasteiger partial charge is 0.356 e. The molecule has 0 amide bonds. The van der Waals surface area contributed by atoms with Crippen molar-refractivity contribution in [1.29, 1.82) is 0 Å². The third kappa shape index (κ3) is 5.69. The number of aliphatic imine (C=N–C) groups is 1. The van der Waals surface area contributed by atoms with E-state index in [-0.39, 0.29) is 29.4 Å². The van der Waals surface area contributed by atoms with E-state index in [1.54, 1.807) is 6.33 Å². The van der Waals surface area contributed by atoms with Gasteiger partial charge in [0, 0.05) is 26.1 Å². The van der Waals surface area contributed by atoms with Crippen molar-refractivity contribution in [1.82, 2.24) is 25.4 Å². The Hall–Kier alpha value is -1.64. The third-order valence-electron chi connectivity index (χ3n) is 4.63. The maximum atomic E-state index is 4.39. The minimum Gasteiger partial charge on any atom is -0.356 e. The van der Waals surface area contributed by atoms with Gasteiger partial charge in [-0.05, 0) is 23.8 Å². The zero-order valence-electron chi connectivity index (χ0n) is 15.8.